The average molecular weight is 438 g/mol. The number of fused-ring (bicyclic) bond motifs is 1. The van der Waals surface area contributed by atoms with Crippen LogP contribution in [0.15, 0.2) is 83.5 Å². The Morgan fingerprint density at radius 1 is 1.03 bits per heavy atom. The third-order valence-corrected chi connectivity index (χ3v) is 5.51. The van der Waals surface area contributed by atoms with Gasteiger partial charge in [-0.05, 0) is 18.6 Å². The summed E-state index contributed by atoms with van der Waals surface area (Å²) in [6.07, 6.45) is 1.72. The van der Waals surface area contributed by atoms with Gasteiger partial charge in [-0.3, -0.25) is 4.79 Å². The van der Waals surface area contributed by atoms with E-state index in [1.54, 1.807) is 18.1 Å². The van der Waals surface area contributed by atoms with E-state index < -0.39 is 0 Å². The van der Waals surface area contributed by atoms with E-state index in [9.17, 15) is 4.79 Å². The van der Waals surface area contributed by atoms with Gasteiger partial charge in [0.25, 0.3) is 5.91 Å². The van der Waals surface area contributed by atoms with Gasteiger partial charge in [0.1, 0.15) is 11.5 Å². The molecule has 5 aromatic rings. The largest absolute Gasteiger partial charge is 0.361 e. The van der Waals surface area contributed by atoms with Crippen LogP contribution in [0.25, 0.3) is 22.3 Å². The number of aromatic nitrogens is 4. The van der Waals surface area contributed by atoms with Crippen molar-refractivity contribution in [1.29, 1.82) is 0 Å². The van der Waals surface area contributed by atoms with Crippen LogP contribution in [0.5, 0.6) is 0 Å². The van der Waals surface area contributed by atoms with Crippen LogP contribution in [0.2, 0.25) is 0 Å². The molecule has 0 atom stereocenters. The van der Waals surface area contributed by atoms with E-state index in [0.29, 0.717) is 35.8 Å². The molecular formula is C26H23N5O2. The van der Waals surface area contributed by atoms with E-state index >= 15 is 0 Å². The smallest absolute Gasteiger partial charge is 0.254 e. The van der Waals surface area contributed by atoms with Crippen molar-refractivity contribution in [3.63, 3.8) is 0 Å². The van der Waals surface area contributed by atoms with Crippen LogP contribution in [0.3, 0.4) is 0 Å². The maximum atomic E-state index is 13.5. The first-order valence-corrected chi connectivity index (χ1v) is 10.7. The molecule has 0 bridgehead atoms. The molecule has 5 rings (SSSR count). The molecule has 0 fully saturated rings. The van der Waals surface area contributed by atoms with E-state index in [0.717, 1.165) is 22.2 Å². The average Bonchev–Trinajstić information content (AvgIpc) is 3.45. The van der Waals surface area contributed by atoms with Crippen molar-refractivity contribution in [1.82, 2.24) is 24.8 Å². The van der Waals surface area contributed by atoms with Crippen molar-refractivity contribution in [2.75, 3.05) is 7.05 Å². The fraction of sp³-hybridized carbons (Fsp3) is 0.154. The Hall–Kier alpha value is -4.26. The van der Waals surface area contributed by atoms with Gasteiger partial charge in [0, 0.05) is 18.7 Å². The van der Waals surface area contributed by atoms with Crippen LogP contribution >= 0.6 is 0 Å². The quantitative estimate of drug-likeness (QED) is 0.384. The molecule has 0 aliphatic heterocycles. The zero-order valence-corrected chi connectivity index (χ0v) is 18.5. The molecule has 33 heavy (non-hydrogen) atoms. The maximum absolute atomic E-state index is 13.5. The standard InChI is InChI=1S/C26H23N5O2/c1-18-13-21(29-33-18)17-30(2)26(32)22-14-24(20-11-7-4-8-12-20)28-25-23(22)15-27-31(25)16-19-9-5-3-6-10-19/h3-15H,16-17H2,1-2H3. The second kappa shape index (κ2) is 8.70. The number of carbonyl (C=O) groups excluding carboxylic acids is 1. The van der Waals surface area contributed by atoms with Gasteiger partial charge < -0.3 is 9.42 Å². The Bertz CT molecular complexity index is 1410. The summed E-state index contributed by atoms with van der Waals surface area (Å²) >= 11 is 0. The van der Waals surface area contributed by atoms with Gasteiger partial charge in [0.05, 0.1) is 35.9 Å². The fourth-order valence-corrected chi connectivity index (χ4v) is 3.87. The van der Waals surface area contributed by atoms with Crippen LogP contribution < -0.4 is 0 Å². The molecule has 0 radical (unpaired) electrons. The van der Waals surface area contributed by atoms with Gasteiger partial charge in [0.15, 0.2) is 5.65 Å². The summed E-state index contributed by atoms with van der Waals surface area (Å²) in [5.74, 6) is 0.588. The molecule has 3 heterocycles. The Morgan fingerprint density at radius 2 is 1.76 bits per heavy atom. The number of amides is 1. The van der Waals surface area contributed by atoms with Crippen molar-refractivity contribution < 1.29 is 9.32 Å². The van der Waals surface area contributed by atoms with E-state index in [4.69, 9.17) is 9.51 Å². The molecule has 7 heteroatoms. The predicted octanol–water partition coefficient (Wildman–Crippen LogP) is 4.72. The number of aryl methyl sites for hydroxylation is 1. The second-order valence-corrected chi connectivity index (χ2v) is 8.04. The SMILES string of the molecule is Cc1cc(CN(C)C(=O)c2cc(-c3ccccc3)nc3c2cnn3Cc2ccccc2)no1. The Morgan fingerprint density at radius 3 is 2.45 bits per heavy atom. The zero-order chi connectivity index (χ0) is 22.8. The summed E-state index contributed by atoms with van der Waals surface area (Å²) in [6, 6.07) is 23.6. The molecule has 0 aliphatic carbocycles. The summed E-state index contributed by atoms with van der Waals surface area (Å²) in [7, 11) is 1.76. The van der Waals surface area contributed by atoms with Crippen LogP contribution in [-0.4, -0.2) is 37.8 Å². The van der Waals surface area contributed by atoms with Crippen LogP contribution in [0.4, 0.5) is 0 Å². The van der Waals surface area contributed by atoms with Crippen LogP contribution in [0.1, 0.15) is 27.4 Å². The molecule has 2 aromatic carbocycles. The molecule has 0 unspecified atom stereocenters. The summed E-state index contributed by atoms with van der Waals surface area (Å²) in [6.45, 7) is 2.74. The van der Waals surface area contributed by atoms with Crippen molar-refractivity contribution in [2.45, 2.75) is 20.0 Å². The van der Waals surface area contributed by atoms with Crippen LogP contribution in [0, 0.1) is 6.92 Å². The molecule has 3 aromatic heterocycles. The maximum Gasteiger partial charge on any atom is 0.254 e. The number of pyridine rings is 1. The normalized spacial score (nSPS) is 11.1. The van der Waals surface area contributed by atoms with Gasteiger partial charge in [-0.15, -0.1) is 0 Å². The molecule has 0 N–H and O–H groups in total. The Kier molecular flexibility index (Phi) is 5.44. The highest BCUT2D eigenvalue weighted by atomic mass is 16.5. The number of hydrogen-bond donors (Lipinski definition) is 0. The first-order chi connectivity index (χ1) is 16.1. The minimum absolute atomic E-state index is 0.125. The molecule has 1 amide bonds. The van der Waals surface area contributed by atoms with Gasteiger partial charge in [0.2, 0.25) is 0 Å². The number of hydrogen-bond acceptors (Lipinski definition) is 5. The minimum Gasteiger partial charge on any atom is -0.361 e. The predicted molar refractivity (Wildman–Crippen MR) is 126 cm³/mol. The first-order valence-electron chi connectivity index (χ1n) is 10.7. The molecule has 0 aliphatic rings. The third kappa shape index (κ3) is 4.25. The van der Waals surface area contributed by atoms with Crippen molar-refractivity contribution in [2.24, 2.45) is 0 Å². The van der Waals surface area contributed by atoms with Gasteiger partial charge in [-0.1, -0.05) is 65.8 Å². The van der Waals surface area contributed by atoms with Gasteiger partial charge in [-0.2, -0.15) is 5.10 Å². The minimum atomic E-state index is -0.125. The van der Waals surface area contributed by atoms with E-state index in [1.807, 2.05) is 84.4 Å². The number of benzene rings is 2. The van der Waals surface area contributed by atoms with Crippen molar-refractivity contribution >= 4 is 16.9 Å². The highest BCUT2D eigenvalue weighted by Gasteiger charge is 2.21. The molecule has 0 spiro atoms. The lowest BCUT2D eigenvalue weighted by Gasteiger charge is -2.17. The lowest BCUT2D eigenvalue weighted by Crippen LogP contribution is -2.26. The molecule has 164 valence electrons. The van der Waals surface area contributed by atoms with Crippen molar-refractivity contribution in [3.8, 4) is 11.3 Å². The van der Waals surface area contributed by atoms with Gasteiger partial charge >= 0.3 is 0 Å². The van der Waals surface area contributed by atoms with Gasteiger partial charge in [-0.25, -0.2) is 9.67 Å². The third-order valence-electron chi connectivity index (χ3n) is 5.51. The lowest BCUT2D eigenvalue weighted by atomic mass is 10.1. The lowest BCUT2D eigenvalue weighted by molar-refractivity contribution is 0.0784. The molecule has 0 saturated carbocycles. The zero-order valence-electron chi connectivity index (χ0n) is 18.5. The number of nitrogens with zero attached hydrogens (tertiary/aromatic N) is 5. The molecule has 7 nitrogen and oxygen atoms in total. The van der Waals surface area contributed by atoms with Crippen LogP contribution in [-0.2, 0) is 13.1 Å². The fourth-order valence-electron chi connectivity index (χ4n) is 3.87. The summed E-state index contributed by atoms with van der Waals surface area (Å²) < 4.78 is 6.99. The number of rotatable bonds is 6. The Labute approximate surface area is 191 Å². The summed E-state index contributed by atoms with van der Waals surface area (Å²) in [5, 5.41) is 9.30. The van der Waals surface area contributed by atoms with E-state index in [-0.39, 0.29) is 5.91 Å². The summed E-state index contributed by atoms with van der Waals surface area (Å²) in [5.41, 5.74) is 4.72. The highest BCUT2D eigenvalue weighted by Crippen LogP contribution is 2.26. The highest BCUT2D eigenvalue weighted by molar-refractivity contribution is 6.06. The first kappa shape index (κ1) is 20.6. The summed E-state index contributed by atoms with van der Waals surface area (Å²) in [4.78, 5) is 20.1. The Balaban J connectivity index is 1.58. The second-order valence-electron chi connectivity index (χ2n) is 8.04. The monoisotopic (exact) mass is 437 g/mol. The molecular weight excluding hydrogens is 414 g/mol. The number of carbonyl (C=O) groups is 1. The molecule has 0 saturated heterocycles. The topological polar surface area (TPSA) is 77.1 Å². The van der Waals surface area contributed by atoms with E-state index in [1.165, 1.54) is 0 Å². The van der Waals surface area contributed by atoms with Crippen molar-refractivity contribution in [3.05, 3.63) is 102 Å². The van der Waals surface area contributed by atoms with E-state index in [2.05, 4.69) is 10.3 Å².